The summed E-state index contributed by atoms with van der Waals surface area (Å²) >= 11 is 13.4. The number of aryl methyl sites for hydroxylation is 1. The lowest BCUT2D eigenvalue weighted by Crippen LogP contribution is -2.24. The molecule has 96 valence electrons. The molecule has 0 saturated carbocycles. The number of aliphatic hydroxyl groups is 1. The van der Waals surface area contributed by atoms with Crippen molar-refractivity contribution >= 4 is 34.5 Å². The summed E-state index contributed by atoms with van der Waals surface area (Å²) in [4.78, 5) is 0. The van der Waals surface area contributed by atoms with Gasteiger partial charge in [-0.2, -0.15) is 0 Å². The molecular weight excluding hydrogens is 291 g/mol. The first-order valence-corrected chi connectivity index (χ1v) is 6.92. The van der Waals surface area contributed by atoms with Crippen molar-refractivity contribution in [2.45, 2.75) is 25.9 Å². The van der Waals surface area contributed by atoms with E-state index in [-0.39, 0.29) is 0 Å². The zero-order valence-corrected chi connectivity index (χ0v) is 12.3. The van der Waals surface area contributed by atoms with Crippen LogP contribution in [0, 0.1) is 6.92 Å². The van der Waals surface area contributed by atoms with Crippen molar-refractivity contribution in [2.75, 3.05) is 0 Å². The molecule has 0 bridgehead atoms. The Hall–Kier alpha value is -0.680. The van der Waals surface area contributed by atoms with E-state index in [9.17, 15) is 5.11 Å². The SMILES string of the molecule is Cc1nnc(CC(C)(O)c2ccc(Cl)cc2Cl)s1. The largest absolute Gasteiger partial charge is 0.385 e. The van der Waals surface area contributed by atoms with Crippen molar-refractivity contribution in [1.29, 1.82) is 0 Å². The highest BCUT2D eigenvalue weighted by atomic mass is 35.5. The molecule has 0 amide bonds. The standard InChI is InChI=1S/C12H12Cl2N2OS/c1-7-15-16-11(18-7)6-12(2,17)9-4-3-8(13)5-10(9)14/h3-5,17H,6H2,1-2H3. The van der Waals surface area contributed by atoms with Crippen LogP contribution in [0.3, 0.4) is 0 Å². The van der Waals surface area contributed by atoms with Crippen molar-refractivity contribution in [3.8, 4) is 0 Å². The molecule has 1 aromatic heterocycles. The van der Waals surface area contributed by atoms with Crippen LogP contribution in [0.2, 0.25) is 10.0 Å². The van der Waals surface area contributed by atoms with Gasteiger partial charge in [0.25, 0.3) is 0 Å². The zero-order chi connectivity index (χ0) is 13.3. The lowest BCUT2D eigenvalue weighted by molar-refractivity contribution is 0.0575. The van der Waals surface area contributed by atoms with Crippen LogP contribution in [-0.2, 0) is 12.0 Å². The Morgan fingerprint density at radius 2 is 2.06 bits per heavy atom. The average Bonchev–Trinajstić information content (AvgIpc) is 2.62. The molecule has 2 rings (SSSR count). The summed E-state index contributed by atoms with van der Waals surface area (Å²) in [5.74, 6) is 0. The number of aromatic nitrogens is 2. The van der Waals surface area contributed by atoms with Crippen LogP contribution in [0.25, 0.3) is 0 Å². The van der Waals surface area contributed by atoms with Crippen LogP contribution in [0.15, 0.2) is 18.2 Å². The monoisotopic (exact) mass is 302 g/mol. The predicted molar refractivity (Wildman–Crippen MR) is 74.4 cm³/mol. The zero-order valence-electron chi connectivity index (χ0n) is 9.94. The fourth-order valence-corrected chi connectivity index (χ4v) is 3.19. The molecule has 1 unspecified atom stereocenters. The average molecular weight is 303 g/mol. The van der Waals surface area contributed by atoms with E-state index in [1.54, 1.807) is 25.1 Å². The number of hydrogen-bond donors (Lipinski definition) is 1. The Balaban J connectivity index is 2.29. The van der Waals surface area contributed by atoms with E-state index in [0.717, 1.165) is 10.0 Å². The lowest BCUT2D eigenvalue weighted by Gasteiger charge is -2.23. The lowest BCUT2D eigenvalue weighted by atomic mass is 9.93. The van der Waals surface area contributed by atoms with E-state index in [4.69, 9.17) is 23.2 Å². The number of rotatable bonds is 3. The first-order valence-electron chi connectivity index (χ1n) is 5.35. The van der Waals surface area contributed by atoms with Gasteiger partial charge < -0.3 is 5.11 Å². The first kappa shape index (κ1) is 13.7. The minimum Gasteiger partial charge on any atom is -0.385 e. The van der Waals surface area contributed by atoms with Crippen molar-refractivity contribution in [2.24, 2.45) is 0 Å². The van der Waals surface area contributed by atoms with Crippen LogP contribution >= 0.6 is 34.5 Å². The topological polar surface area (TPSA) is 46.0 Å². The molecule has 0 aliphatic carbocycles. The molecule has 6 heteroatoms. The molecule has 0 aliphatic heterocycles. The van der Waals surface area contributed by atoms with E-state index in [1.165, 1.54) is 11.3 Å². The molecule has 3 nitrogen and oxygen atoms in total. The summed E-state index contributed by atoms with van der Waals surface area (Å²) in [7, 11) is 0. The normalized spacial score (nSPS) is 14.5. The molecule has 18 heavy (non-hydrogen) atoms. The third-order valence-electron chi connectivity index (χ3n) is 2.57. The van der Waals surface area contributed by atoms with E-state index in [1.807, 2.05) is 6.92 Å². The van der Waals surface area contributed by atoms with Crippen molar-refractivity contribution in [1.82, 2.24) is 10.2 Å². The van der Waals surface area contributed by atoms with E-state index in [2.05, 4.69) is 10.2 Å². The van der Waals surface area contributed by atoms with Gasteiger partial charge in [0, 0.05) is 22.0 Å². The fraction of sp³-hybridized carbons (Fsp3) is 0.333. The minimum atomic E-state index is -1.09. The second kappa shape index (κ2) is 5.13. The van der Waals surface area contributed by atoms with Crippen molar-refractivity contribution in [3.63, 3.8) is 0 Å². The van der Waals surface area contributed by atoms with Crippen LogP contribution in [-0.4, -0.2) is 15.3 Å². The van der Waals surface area contributed by atoms with Gasteiger partial charge in [-0.05, 0) is 26.0 Å². The number of halogens is 2. The summed E-state index contributed by atoms with van der Waals surface area (Å²) in [5, 5.41) is 21.1. The number of hydrogen-bond acceptors (Lipinski definition) is 4. The number of benzene rings is 1. The maximum absolute atomic E-state index is 10.5. The highest BCUT2D eigenvalue weighted by Crippen LogP contribution is 2.33. The molecule has 0 spiro atoms. The van der Waals surface area contributed by atoms with Crippen LogP contribution < -0.4 is 0 Å². The van der Waals surface area contributed by atoms with E-state index in [0.29, 0.717) is 22.0 Å². The number of nitrogens with zero attached hydrogens (tertiary/aromatic N) is 2. The van der Waals surface area contributed by atoms with Gasteiger partial charge in [0.1, 0.15) is 10.0 Å². The van der Waals surface area contributed by atoms with Gasteiger partial charge in [0.05, 0.1) is 5.60 Å². The van der Waals surface area contributed by atoms with Gasteiger partial charge in [-0.3, -0.25) is 0 Å². The molecule has 0 radical (unpaired) electrons. The smallest absolute Gasteiger partial charge is 0.120 e. The van der Waals surface area contributed by atoms with Gasteiger partial charge in [-0.1, -0.05) is 29.3 Å². The maximum atomic E-state index is 10.5. The highest BCUT2D eigenvalue weighted by molar-refractivity contribution is 7.11. The molecule has 1 atom stereocenters. The van der Waals surface area contributed by atoms with Gasteiger partial charge in [0.2, 0.25) is 0 Å². The molecule has 1 aromatic carbocycles. The molecule has 2 aromatic rings. The first-order chi connectivity index (χ1) is 8.38. The predicted octanol–water partition coefficient (Wildman–Crippen LogP) is 3.60. The molecule has 1 N–H and O–H groups in total. The van der Waals surface area contributed by atoms with E-state index < -0.39 is 5.60 Å². The van der Waals surface area contributed by atoms with Crippen LogP contribution in [0.5, 0.6) is 0 Å². The third-order valence-corrected chi connectivity index (χ3v) is 3.96. The van der Waals surface area contributed by atoms with Gasteiger partial charge >= 0.3 is 0 Å². The second-order valence-corrected chi connectivity index (χ2v) is 6.40. The Morgan fingerprint density at radius 1 is 1.33 bits per heavy atom. The van der Waals surface area contributed by atoms with Crippen molar-refractivity contribution in [3.05, 3.63) is 43.8 Å². The highest BCUT2D eigenvalue weighted by Gasteiger charge is 2.27. The third kappa shape index (κ3) is 3.01. The summed E-state index contributed by atoms with van der Waals surface area (Å²) in [6.07, 6.45) is 0.375. The summed E-state index contributed by atoms with van der Waals surface area (Å²) in [6, 6.07) is 5.07. The second-order valence-electron chi connectivity index (χ2n) is 4.29. The summed E-state index contributed by atoms with van der Waals surface area (Å²) in [5.41, 5.74) is -0.449. The molecule has 0 saturated heterocycles. The van der Waals surface area contributed by atoms with Crippen LogP contribution in [0.1, 0.15) is 22.5 Å². The van der Waals surface area contributed by atoms with Gasteiger partial charge in [-0.15, -0.1) is 21.5 Å². The fourth-order valence-electron chi connectivity index (χ4n) is 1.72. The summed E-state index contributed by atoms with van der Waals surface area (Å²) < 4.78 is 0. The van der Waals surface area contributed by atoms with Crippen molar-refractivity contribution < 1.29 is 5.11 Å². The Bertz CT molecular complexity index is 569. The summed E-state index contributed by atoms with van der Waals surface area (Å²) in [6.45, 7) is 3.59. The van der Waals surface area contributed by atoms with E-state index >= 15 is 0 Å². The Morgan fingerprint density at radius 3 is 2.61 bits per heavy atom. The minimum absolute atomic E-state index is 0.375. The Labute approximate surface area is 119 Å². The molecule has 0 aliphatic rings. The maximum Gasteiger partial charge on any atom is 0.120 e. The Kier molecular flexibility index (Phi) is 3.92. The van der Waals surface area contributed by atoms with Gasteiger partial charge in [0.15, 0.2) is 0 Å². The van der Waals surface area contributed by atoms with Crippen LogP contribution in [0.4, 0.5) is 0 Å². The molecule has 1 heterocycles. The van der Waals surface area contributed by atoms with Gasteiger partial charge in [-0.25, -0.2) is 0 Å². The quantitative estimate of drug-likeness (QED) is 0.942. The molecule has 0 fully saturated rings. The molecular formula is C12H12Cl2N2OS.